The third kappa shape index (κ3) is 3.07. The van der Waals surface area contributed by atoms with Crippen molar-refractivity contribution in [3.63, 3.8) is 0 Å². The van der Waals surface area contributed by atoms with Crippen molar-refractivity contribution in [2.24, 2.45) is 5.73 Å². The van der Waals surface area contributed by atoms with Crippen LogP contribution in [0.25, 0.3) is 0 Å². The van der Waals surface area contributed by atoms with Crippen molar-refractivity contribution in [3.8, 4) is 0 Å². The van der Waals surface area contributed by atoms with E-state index >= 15 is 0 Å². The van der Waals surface area contributed by atoms with Gasteiger partial charge in [-0.1, -0.05) is 6.92 Å². The molecule has 0 unspecified atom stereocenters. The summed E-state index contributed by atoms with van der Waals surface area (Å²) in [5.74, 6) is -1.32. The molecule has 0 fully saturated rings. The number of aromatic carboxylic acids is 1. The van der Waals surface area contributed by atoms with Crippen LogP contribution in [0.3, 0.4) is 0 Å². The second-order valence-electron chi connectivity index (χ2n) is 4.27. The molecule has 0 heterocycles. The van der Waals surface area contributed by atoms with Crippen LogP contribution >= 0.6 is 0 Å². The molecule has 0 saturated carbocycles. The Kier molecular flexibility index (Phi) is 4.44. The summed E-state index contributed by atoms with van der Waals surface area (Å²) in [6.45, 7) is 5.35. The van der Waals surface area contributed by atoms with E-state index in [-0.39, 0.29) is 11.5 Å². The first-order valence-corrected chi connectivity index (χ1v) is 5.77. The lowest BCUT2D eigenvalue weighted by Gasteiger charge is -2.13. The van der Waals surface area contributed by atoms with Gasteiger partial charge in [-0.05, 0) is 43.5 Å². The number of hydrogen-bond donors (Lipinski definition) is 3. The molecule has 0 saturated heterocycles. The van der Waals surface area contributed by atoms with E-state index in [0.717, 1.165) is 5.56 Å². The smallest absolute Gasteiger partial charge is 0.336 e. The predicted octanol–water partition coefficient (Wildman–Crippen LogP) is 1.68. The van der Waals surface area contributed by atoms with Crippen molar-refractivity contribution in [1.82, 2.24) is 0 Å². The molecule has 0 aliphatic rings. The van der Waals surface area contributed by atoms with Gasteiger partial charge >= 0.3 is 5.97 Å². The number of carboxylic acid groups (broad SMARTS) is 1. The number of carboxylic acids is 1. The van der Waals surface area contributed by atoms with Crippen molar-refractivity contribution in [2.45, 2.75) is 33.2 Å². The van der Waals surface area contributed by atoms with Gasteiger partial charge in [0.1, 0.15) is 0 Å². The quantitative estimate of drug-likeness (QED) is 0.758. The molecule has 98 valence electrons. The lowest BCUT2D eigenvalue weighted by Crippen LogP contribution is -2.34. The fourth-order valence-corrected chi connectivity index (χ4v) is 1.57. The third-order valence-electron chi connectivity index (χ3n) is 2.94. The van der Waals surface area contributed by atoms with Gasteiger partial charge in [0.05, 0.1) is 11.6 Å². The van der Waals surface area contributed by atoms with Gasteiger partial charge in [-0.2, -0.15) is 0 Å². The molecule has 5 heteroatoms. The second kappa shape index (κ2) is 5.64. The van der Waals surface area contributed by atoms with Crippen LogP contribution in [0.4, 0.5) is 5.69 Å². The molecule has 1 aromatic rings. The van der Waals surface area contributed by atoms with Gasteiger partial charge in [-0.25, -0.2) is 4.79 Å². The highest BCUT2D eigenvalue weighted by Crippen LogP contribution is 2.20. The van der Waals surface area contributed by atoms with Crippen molar-refractivity contribution in [1.29, 1.82) is 0 Å². The van der Waals surface area contributed by atoms with E-state index in [2.05, 4.69) is 5.32 Å². The average Bonchev–Trinajstić information content (AvgIpc) is 2.31. The number of nitrogens with two attached hydrogens (primary N) is 1. The van der Waals surface area contributed by atoms with Crippen LogP contribution in [-0.2, 0) is 4.79 Å². The summed E-state index contributed by atoms with van der Waals surface area (Å²) in [4.78, 5) is 22.7. The maximum Gasteiger partial charge on any atom is 0.336 e. The molecular formula is C13H18N2O3. The Morgan fingerprint density at radius 3 is 2.50 bits per heavy atom. The van der Waals surface area contributed by atoms with E-state index < -0.39 is 12.0 Å². The van der Waals surface area contributed by atoms with Crippen molar-refractivity contribution >= 4 is 17.6 Å². The minimum Gasteiger partial charge on any atom is -0.478 e. The van der Waals surface area contributed by atoms with Gasteiger partial charge in [0.15, 0.2) is 0 Å². The topological polar surface area (TPSA) is 92.4 Å². The zero-order valence-corrected chi connectivity index (χ0v) is 10.8. The standard InChI is InChI=1S/C13H18N2O3/c1-4-11(14)12(16)15-9-5-7(2)8(3)10(6-9)13(17)18/h5-6,11H,4,14H2,1-3H3,(H,15,16)(H,17,18)/t11-/m0/s1. The summed E-state index contributed by atoms with van der Waals surface area (Å²) in [5, 5.41) is 11.7. The van der Waals surface area contributed by atoms with Crippen molar-refractivity contribution < 1.29 is 14.7 Å². The van der Waals surface area contributed by atoms with Crippen LogP contribution in [-0.4, -0.2) is 23.0 Å². The number of carbonyl (C=O) groups excluding carboxylic acids is 1. The van der Waals surface area contributed by atoms with E-state index in [0.29, 0.717) is 17.7 Å². The molecule has 1 amide bonds. The Labute approximate surface area is 106 Å². The third-order valence-corrected chi connectivity index (χ3v) is 2.94. The van der Waals surface area contributed by atoms with Crippen LogP contribution in [0.15, 0.2) is 12.1 Å². The lowest BCUT2D eigenvalue weighted by atomic mass is 10.0. The maximum absolute atomic E-state index is 11.6. The SMILES string of the molecule is CC[C@H](N)C(=O)Nc1cc(C)c(C)c(C(=O)O)c1. The Balaban J connectivity index is 3.05. The first-order chi connectivity index (χ1) is 8.36. The zero-order chi connectivity index (χ0) is 13.9. The number of aryl methyl sites for hydroxylation is 1. The summed E-state index contributed by atoms with van der Waals surface area (Å²) in [6, 6.07) is 2.60. The molecule has 1 aromatic carbocycles. The molecule has 0 radical (unpaired) electrons. The zero-order valence-electron chi connectivity index (χ0n) is 10.8. The number of amides is 1. The molecule has 4 N–H and O–H groups in total. The van der Waals surface area contributed by atoms with Gasteiger partial charge in [0, 0.05) is 5.69 Å². The molecule has 0 aliphatic heterocycles. The fraction of sp³-hybridized carbons (Fsp3) is 0.385. The molecule has 0 bridgehead atoms. The van der Waals surface area contributed by atoms with Crippen LogP contribution in [0, 0.1) is 13.8 Å². The largest absolute Gasteiger partial charge is 0.478 e. The van der Waals surface area contributed by atoms with Crippen molar-refractivity contribution in [3.05, 3.63) is 28.8 Å². The van der Waals surface area contributed by atoms with E-state index in [1.807, 2.05) is 6.92 Å². The van der Waals surface area contributed by atoms with Crippen molar-refractivity contribution in [2.75, 3.05) is 5.32 Å². The number of carbonyl (C=O) groups is 2. The normalized spacial score (nSPS) is 12.0. The highest BCUT2D eigenvalue weighted by atomic mass is 16.4. The maximum atomic E-state index is 11.6. The Morgan fingerprint density at radius 1 is 1.39 bits per heavy atom. The first-order valence-electron chi connectivity index (χ1n) is 5.77. The molecule has 5 nitrogen and oxygen atoms in total. The molecular weight excluding hydrogens is 232 g/mol. The number of rotatable bonds is 4. The van der Waals surface area contributed by atoms with E-state index in [1.165, 1.54) is 6.07 Å². The highest BCUT2D eigenvalue weighted by molar-refractivity contribution is 5.97. The molecule has 1 rings (SSSR count). The van der Waals surface area contributed by atoms with E-state index in [1.54, 1.807) is 19.9 Å². The van der Waals surface area contributed by atoms with Gasteiger partial charge in [0.25, 0.3) is 0 Å². The summed E-state index contributed by atoms with van der Waals surface area (Å²) >= 11 is 0. The van der Waals surface area contributed by atoms with E-state index in [9.17, 15) is 9.59 Å². The Hall–Kier alpha value is -1.88. The van der Waals surface area contributed by atoms with E-state index in [4.69, 9.17) is 10.8 Å². The minimum absolute atomic E-state index is 0.190. The summed E-state index contributed by atoms with van der Waals surface area (Å²) < 4.78 is 0. The number of benzene rings is 1. The monoisotopic (exact) mass is 250 g/mol. The van der Waals surface area contributed by atoms with Crippen LogP contribution in [0.1, 0.15) is 34.8 Å². The average molecular weight is 250 g/mol. The van der Waals surface area contributed by atoms with Gasteiger partial charge in [-0.3, -0.25) is 4.79 Å². The fourth-order valence-electron chi connectivity index (χ4n) is 1.57. The van der Waals surface area contributed by atoms with Gasteiger partial charge in [-0.15, -0.1) is 0 Å². The van der Waals surface area contributed by atoms with Crippen LogP contribution in [0.2, 0.25) is 0 Å². The van der Waals surface area contributed by atoms with Gasteiger partial charge < -0.3 is 16.2 Å². The molecule has 0 aromatic heterocycles. The number of hydrogen-bond acceptors (Lipinski definition) is 3. The van der Waals surface area contributed by atoms with Crippen LogP contribution in [0.5, 0.6) is 0 Å². The Bertz CT molecular complexity index is 483. The highest BCUT2D eigenvalue weighted by Gasteiger charge is 2.14. The molecule has 18 heavy (non-hydrogen) atoms. The summed E-state index contributed by atoms with van der Waals surface area (Å²) in [5.41, 5.74) is 7.76. The summed E-state index contributed by atoms with van der Waals surface area (Å²) in [6.07, 6.45) is 0.530. The van der Waals surface area contributed by atoms with Gasteiger partial charge in [0.2, 0.25) is 5.91 Å². The second-order valence-corrected chi connectivity index (χ2v) is 4.27. The predicted molar refractivity (Wildman–Crippen MR) is 69.8 cm³/mol. The molecule has 0 aliphatic carbocycles. The van der Waals surface area contributed by atoms with Crippen LogP contribution < -0.4 is 11.1 Å². The lowest BCUT2D eigenvalue weighted by molar-refractivity contribution is -0.117. The first kappa shape index (κ1) is 14.2. The Morgan fingerprint density at radius 2 is 2.00 bits per heavy atom. The molecule has 0 spiro atoms. The number of anilines is 1. The summed E-state index contributed by atoms with van der Waals surface area (Å²) in [7, 11) is 0. The number of nitrogens with one attached hydrogen (secondary N) is 1. The minimum atomic E-state index is -1.01. The molecule has 1 atom stereocenters.